The molecule has 0 radical (unpaired) electrons. The minimum atomic E-state index is -0.338. The standard InChI is InChI=1S/C12H17FN4.HI/c13-9-5-6-11(15-7-9)8-16-12(14)17-10-3-1-2-4-10;/h5-7,10H,1-4,8H2,(H3,14,16,17);1H. The number of nitrogens with zero attached hydrogens (tertiary/aromatic N) is 2. The van der Waals surface area contributed by atoms with Gasteiger partial charge in [-0.3, -0.25) is 4.98 Å². The summed E-state index contributed by atoms with van der Waals surface area (Å²) in [5, 5.41) is 3.19. The summed E-state index contributed by atoms with van der Waals surface area (Å²) in [4.78, 5) is 8.10. The van der Waals surface area contributed by atoms with Crippen molar-refractivity contribution in [3.8, 4) is 0 Å². The number of aromatic nitrogens is 1. The van der Waals surface area contributed by atoms with Crippen LogP contribution in [0.2, 0.25) is 0 Å². The van der Waals surface area contributed by atoms with Crippen molar-refractivity contribution in [2.45, 2.75) is 38.3 Å². The number of nitrogens with two attached hydrogens (primary N) is 1. The topological polar surface area (TPSA) is 63.3 Å². The molecule has 0 saturated heterocycles. The highest BCUT2D eigenvalue weighted by molar-refractivity contribution is 14.0. The van der Waals surface area contributed by atoms with Gasteiger partial charge >= 0.3 is 0 Å². The van der Waals surface area contributed by atoms with Crippen LogP contribution in [0.15, 0.2) is 23.3 Å². The predicted molar refractivity (Wildman–Crippen MR) is 80.3 cm³/mol. The van der Waals surface area contributed by atoms with Crippen molar-refractivity contribution in [3.05, 3.63) is 29.8 Å². The molecule has 0 aromatic carbocycles. The average Bonchev–Trinajstić information content (AvgIpc) is 2.81. The lowest BCUT2D eigenvalue weighted by Crippen LogP contribution is -2.38. The maximum Gasteiger partial charge on any atom is 0.189 e. The van der Waals surface area contributed by atoms with E-state index in [4.69, 9.17) is 5.73 Å². The van der Waals surface area contributed by atoms with E-state index in [9.17, 15) is 4.39 Å². The lowest BCUT2D eigenvalue weighted by molar-refractivity contribution is 0.618. The number of rotatable bonds is 3. The summed E-state index contributed by atoms with van der Waals surface area (Å²) in [6.07, 6.45) is 6.01. The van der Waals surface area contributed by atoms with Gasteiger partial charge in [0, 0.05) is 6.04 Å². The summed E-state index contributed by atoms with van der Waals surface area (Å²) >= 11 is 0. The highest BCUT2D eigenvalue weighted by atomic mass is 127. The minimum Gasteiger partial charge on any atom is -0.370 e. The van der Waals surface area contributed by atoms with Gasteiger partial charge < -0.3 is 11.1 Å². The molecule has 3 N–H and O–H groups in total. The fourth-order valence-corrected chi connectivity index (χ4v) is 1.99. The van der Waals surface area contributed by atoms with Crippen molar-refractivity contribution in [2.75, 3.05) is 0 Å². The molecule has 0 spiro atoms. The van der Waals surface area contributed by atoms with Crippen LogP contribution in [0, 0.1) is 5.82 Å². The van der Waals surface area contributed by atoms with E-state index in [2.05, 4.69) is 15.3 Å². The number of pyridine rings is 1. The van der Waals surface area contributed by atoms with Crippen LogP contribution >= 0.6 is 24.0 Å². The van der Waals surface area contributed by atoms with Crippen molar-refractivity contribution >= 4 is 29.9 Å². The first-order valence-corrected chi connectivity index (χ1v) is 5.91. The second-order valence-corrected chi connectivity index (χ2v) is 4.29. The summed E-state index contributed by atoms with van der Waals surface area (Å²) in [6.45, 7) is 0.381. The molecule has 1 saturated carbocycles. The smallest absolute Gasteiger partial charge is 0.189 e. The van der Waals surface area contributed by atoms with Gasteiger partial charge in [-0.25, -0.2) is 9.38 Å². The molecular formula is C12H18FIN4. The first kappa shape index (κ1) is 15.1. The summed E-state index contributed by atoms with van der Waals surface area (Å²) in [5.74, 6) is 0.109. The van der Waals surface area contributed by atoms with Crippen LogP contribution < -0.4 is 11.1 Å². The van der Waals surface area contributed by atoms with Crippen molar-refractivity contribution in [3.63, 3.8) is 0 Å². The van der Waals surface area contributed by atoms with E-state index in [0.29, 0.717) is 24.2 Å². The fraction of sp³-hybridized carbons (Fsp3) is 0.500. The summed E-state index contributed by atoms with van der Waals surface area (Å²) < 4.78 is 12.6. The Morgan fingerprint density at radius 3 is 2.78 bits per heavy atom. The maximum absolute atomic E-state index is 12.6. The zero-order chi connectivity index (χ0) is 12.1. The Labute approximate surface area is 123 Å². The number of hydrogen-bond acceptors (Lipinski definition) is 2. The van der Waals surface area contributed by atoms with Crippen LogP contribution in [-0.2, 0) is 6.54 Å². The van der Waals surface area contributed by atoms with Gasteiger partial charge in [-0.15, -0.1) is 24.0 Å². The van der Waals surface area contributed by atoms with E-state index in [1.54, 1.807) is 6.07 Å². The first-order chi connectivity index (χ1) is 8.24. The Kier molecular flexibility index (Phi) is 6.31. The monoisotopic (exact) mass is 364 g/mol. The van der Waals surface area contributed by atoms with Crippen molar-refractivity contribution in [2.24, 2.45) is 10.7 Å². The molecule has 1 fully saturated rings. The molecule has 100 valence electrons. The second-order valence-electron chi connectivity index (χ2n) is 4.29. The molecule has 0 amide bonds. The van der Waals surface area contributed by atoms with Crippen molar-refractivity contribution < 1.29 is 4.39 Å². The number of nitrogens with one attached hydrogen (secondary N) is 1. The van der Waals surface area contributed by atoms with E-state index >= 15 is 0 Å². The Hall–Kier alpha value is -0.920. The number of hydrogen-bond donors (Lipinski definition) is 2. The second kappa shape index (κ2) is 7.50. The molecule has 1 aliphatic carbocycles. The van der Waals surface area contributed by atoms with E-state index in [1.165, 1.54) is 25.1 Å². The predicted octanol–water partition coefficient (Wildman–Crippen LogP) is 2.19. The van der Waals surface area contributed by atoms with Gasteiger partial charge in [0.05, 0.1) is 18.4 Å². The quantitative estimate of drug-likeness (QED) is 0.491. The molecular weight excluding hydrogens is 346 g/mol. The Balaban J connectivity index is 0.00000162. The lowest BCUT2D eigenvalue weighted by Gasteiger charge is -2.11. The molecule has 0 atom stereocenters. The molecule has 1 heterocycles. The van der Waals surface area contributed by atoms with Crippen LogP contribution in [0.4, 0.5) is 4.39 Å². The Morgan fingerprint density at radius 1 is 1.44 bits per heavy atom. The SMILES string of the molecule is I.NC(=NCc1ccc(F)cn1)NC1CCCC1. The third-order valence-electron chi connectivity index (χ3n) is 2.91. The molecule has 18 heavy (non-hydrogen) atoms. The van der Waals surface area contributed by atoms with Gasteiger partial charge in [-0.2, -0.15) is 0 Å². The number of aliphatic imine (C=N–C) groups is 1. The third kappa shape index (κ3) is 4.75. The normalized spacial score (nSPS) is 16.4. The van der Waals surface area contributed by atoms with Crippen molar-refractivity contribution in [1.29, 1.82) is 0 Å². The molecule has 0 bridgehead atoms. The summed E-state index contributed by atoms with van der Waals surface area (Å²) in [6, 6.07) is 3.44. The molecule has 0 aliphatic heterocycles. The zero-order valence-corrected chi connectivity index (χ0v) is 12.4. The summed E-state index contributed by atoms with van der Waals surface area (Å²) in [7, 11) is 0. The zero-order valence-electron chi connectivity index (χ0n) is 10.1. The van der Waals surface area contributed by atoms with Gasteiger partial charge in [0.15, 0.2) is 5.96 Å². The molecule has 1 aromatic heterocycles. The van der Waals surface area contributed by atoms with Gasteiger partial charge in [-0.05, 0) is 25.0 Å². The van der Waals surface area contributed by atoms with Crippen LogP contribution in [0.3, 0.4) is 0 Å². The molecule has 1 aliphatic rings. The van der Waals surface area contributed by atoms with E-state index in [1.807, 2.05) is 0 Å². The molecule has 0 unspecified atom stereocenters. The molecule has 1 aromatic rings. The van der Waals surface area contributed by atoms with Gasteiger partial charge in [0.25, 0.3) is 0 Å². The van der Waals surface area contributed by atoms with Crippen LogP contribution in [0.5, 0.6) is 0 Å². The molecule has 6 heteroatoms. The van der Waals surface area contributed by atoms with Gasteiger partial charge in [-0.1, -0.05) is 12.8 Å². The Morgan fingerprint density at radius 2 is 2.17 bits per heavy atom. The van der Waals surface area contributed by atoms with E-state index in [-0.39, 0.29) is 29.8 Å². The Bertz CT molecular complexity index is 388. The highest BCUT2D eigenvalue weighted by Gasteiger charge is 2.14. The largest absolute Gasteiger partial charge is 0.370 e. The average molecular weight is 364 g/mol. The maximum atomic E-state index is 12.6. The number of halogens is 2. The van der Waals surface area contributed by atoms with Crippen LogP contribution in [0.1, 0.15) is 31.4 Å². The van der Waals surface area contributed by atoms with Crippen molar-refractivity contribution in [1.82, 2.24) is 10.3 Å². The highest BCUT2D eigenvalue weighted by Crippen LogP contribution is 2.17. The van der Waals surface area contributed by atoms with E-state index in [0.717, 1.165) is 12.8 Å². The van der Waals surface area contributed by atoms with Gasteiger partial charge in [0.1, 0.15) is 5.82 Å². The number of guanidine groups is 1. The molecule has 4 nitrogen and oxygen atoms in total. The van der Waals surface area contributed by atoms with E-state index < -0.39 is 0 Å². The van der Waals surface area contributed by atoms with Crippen LogP contribution in [0.25, 0.3) is 0 Å². The third-order valence-corrected chi connectivity index (χ3v) is 2.91. The minimum absolute atomic E-state index is 0. The van der Waals surface area contributed by atoms with Crippen LogP contribution in [-0.4, -0.2) is 17.0 Å². The lowest BCUT2D eigenvalue weighted by atomic mass is 10.2. The van der Waals surface area contributed by atoms with Gasteiger partial charge in [0.2, 0.25) is 0 Å². The first-order valence-electron chi connectivity index (χ1n) is 5.91. The molecule has 2 rings (SSSR count). The fourth-order valence-electron chi connectivity index (χ4n) is 1.99. The summed E-state index contributed by atoms with van der Waals surface area (Å²) in [5.41, 5.74) is 6.48.